The first-order valence-corrected chi connectivity index (χ1v) is 12.6. The molecular weight excluding hydrogens is 452 g/mol. The van der Waals surface area contributed by atoms with Crippen molar-refractivity contribution in [3.05, 3.63) is 77.4 Å². The lowest BCUT2D eigenvalue weighted by molar-refractivity contribution is -0.118. The quantitative estimate of drug-likeness (QED) is 0.421. The van der Waals surface area contributed by atoms with E-state index < -0.39 is 5.41 Å². The van der Waals surface area contributed by atoms with E-state index in [1.165, 1.54) is 0 Å². The number of carbonyl (C=O) groups is 2. The van der Waals surface area contributed by atoms with E-state index in [9.17, 15) is 9.59 Å². The highest BCUT2D eigenvalue weighted by molar-refractivity contribution is 6.02. The van der Waals surface area contributed by atoms with E-state index in [2.05, 4.69) is 24.5 Å². The Bertz CT molecular complexity index is 1290. The molecule has 1 aliphatic carbocycles. The van der Waals surface area contributed by atoms with Crippen molar-refractivity contribution in [3.63, 3.8) is 0 Å². The molecule has 0 atom stereocenters. The van der Waals surface area contributed by atoms with Crippen LogP contribution in [-0.4, -0.2) is 25.2 Å². The van der Waals surface area contributed by atoms with Crippen molar-refractivity contribution in [1.29, 1.82) is 0 Å². The number of rotatable bonds is 8. The van der Waals surface area contributed by atoms with Gasteiger partial charge in [-0.3, -0.25) is 9.59 Å². The summed E-state index contributed by atoms with van der Waals surface area (Å²) in [4.78, 5) is 25.8. The summed E-state index contributed by atoms with van der Waals surface area (Å²) >= 11 is 0. The Kier molecular flexibility index (Phi) is 6.44. The minimum Gasteiger partial charge on any atom is -0.454 e. The Morgan fingerprint density at radius 2 is 1.69 bits per heavy atom. The number of carbonyl (C=O) groups excluding carboxylic acids is 2. The predicted molar refractivity (Wildman–Crippen MR) is 141 cm³/mol. The van der Waals surface area contributed by atoms with Crippen molar-refractivity contribution >= 4 is 17.5 Å². The molecule has 186 valence electrons. The molecule has 0 unspecified atom stereocenters. The van der Waals surface area contributed by atoms with Gasteiger partial charge in [0.05, 0.1) is 5.41 Å². The third-order valence-electron chi connectivity index (χ3n) is 7.07. The molecule has 3 aromatic carbocycles. The largest absolute Gasteiger partial charge is 0.454 e. The zero-order valence-corrected chi connectivity index (χ0v) is 21.0. The van der Waals surface area contributed by atoms with Crippen LogP contribution >= 0.6 is 0 Å². The van der Waals surface area contributed by atoms with Gasteiger partial charge in [0.1, 0.15) is 0 Å². The first kappa shape index (κ1) is 23.9. The van der Waals surface area contributed by atoms with Gasteiger partial charge in [-0.1, -0.05) is 38.1 Å². The molecule has 2 amide bonds. The first-order valence-electron chi connectivity index (χ1n) is 12.6. The van der Waals surface area contributed by atoms with E-state index in [4.69, 9.17) is 9.47 Å². The Labute approximate surface area is 212 Å². The molecule has 0 saturated heterocycles. The Balaban J connectivity index is 1.30. The van der Waals surface area contributed by atoms with Gasteiger partial charge in [-0.15, -0.1) is 0 Å². The summed E-state index contributed by atoms with van der Waals surface area (Å²) in [5, 5.41) is 6.11. The van der Waals surface area contributed by atoms with Crippen molar-refractivity contribution < 1.29 is 19.1 Å². The van der Waals surface area contributed by atoms with Crippen LogP contribution in [0.3, 0.4) is 0 Å². The fourth-order valence-electron chi connectivity index (χ4n) is 4.61. The van der Waals surface area contributed by atoms with E-state index in [-0.39, 0.29) is 18.6 Å². The fourth-order valence-corrected chi connectivity index (χ4v) is 4.61. The topological polar surface area (TPSA) is 76.7 Å². The molecule has 2 aliphatic rings. The maximum absolute atomic E-state index is 13.4. The minimum atomic E-state index is -0.531. The SMILES string of the molecule is Cc1ccc(NC(=O)C2(c3ccc4c(c3)OCO4)CC2)cc1-c1ccc(C(=O)NCCC(C)C)cc1. The van der Waals surface area contributed by atoms with Crippen LogP contribution in [0.2, 0.25) is 0 Å². The van der Waals surface area contributed by atoms with Crippen molar-refractivity contribution in [2.24, 2.45) is 5.92 Å². The summed E-state index contributed by atoms with van der Waals surface area (Å²) in [5.74, 6) is 1.90. The summed E-state index contributed by atoms with van der Waals surface area (Å²) in [5.41, 5.74) is 4.94. The van der Waals surface area contributed by atoms with Crippen LogP contribution in [-0.2, 0) is 10.2 Å². The summed E-state index contributed by atoms with van der Waals surface area (Å²) in [6, 6.07) is 19.3. The molecule has 0 radical (unpaired) electrons. The van der Waals surface area contributed by atoms with E-state index in [0.29, 0.717) is 23.8 Å². The predicted octanol–water partition coefficient (Wildman–Crippen LogP) is 5.84. The van der Waals surface area contributed by atoms with Gasteiger partial charge in [-0.2, -0.15) is 0 Å². The molecule has 0 spiro atoms. The third-order valence-corrected chi connectivity index (χ3v) is 7.07. The lowest BCUT2D eigenvalue weighted by Crippen LogP contribution is -2.27. The minimum absolute atomic E-state index is 0.00964. The highest BCUT2D eigenvalue weighted by Gasteiger charge is 2.51. The van der Waals surface area contributed by atoms with Gasteiger partial charge in [-0.05, 0) is 90.8 Å². The normalized spacial score (nSPS) is 15.0. The second-order valence-corrected chi connectivity index (χ2v) is 10.1. The monoisotopic (exact) mass is 484 g/mol. The van der Waals surface area contributed by atoms with Gasteiger partial charge in [0.2, 0.25) is 12.7 Å². The molecule has 6 nitrogen and oxygen atoms in total. The van der Waals surface area contributed by atoms with E-state index in [1.807, 2.05) is 67.6 Å². The molecular formula is C30H32N2O4. The molecule has 1 aliphatic heterocycles. The van der Waals surface area contributed by atoms with Crippen LogP contribution in [0.1, 0.15) is 54.6 Å². The van der Waals surface area contributed by atoms with Gasteiger partial charge in [0.25, 0.3) is 5.91 Å². The van der Waals surface area contributed by atoms with E-state index in [1.54, 1.807) is 0 Å². The first-order chi connectivity index (χ1) is 17.4. The van der Waals surface area contributed by atoms with Crippen LogP contribution in [0.15, 0.2) is 60.7 Å². The molecule has 0 aromatic heterocycles. The average Bonchev–Trinajstić information content (AvgIpc) is 3.56. The average molecular weight is 485 g/mol. The Morgan fingerprint density at radius 3 is 2.42 bits per heavy atom. The summed E-state index contributed by atoms with van der Waals surface area (Å²) < 4.78 is 10.9. The van der Waals surface area contributed by atoms with Gasteiger partial charge in [0.15, 0.2) is 11.5 Å². The van der Waals surface area contributed by atoms with Crippen molar-refractivity contribution in [2.75, 3.05) is 18.7 Å². The lowest BCUT2D eigenvalue weighted by atomic mass is 9.94. The number of anilines is 1. The highest BCUT2D eigenvalue weighted by Crippen LogP contribution is 2.51. The number of amides is 2. The molecule has 3 aromatic rings. The van der Waals surface area contributed by atoms with Crippen molar-refractivity contribution in [1.82, 2.24) is 5.32 Å². The molecule has 1 fully saturated rings. The van der Waals surface area contributed by atoms with Crippen molar-refractivity contribution in [3.8, 4) is 22.6 Å². The van der Waals surface area contributed by atoms with Crippen LogP contribution < -0.4 is 20.1 Å². The lowest BCUT2D eigenvalue weighted by Gasteiger charge is -2.17. The molecule has 1 saturated carbocycles. The second-order valence-electron chi connectivity index (χ2n) is 10.1. The third kappa shape index (κ3) is 4.81. The van der Waals surface area contributed by atoms with Gasteiger partial charge < -0.3 is 20.1 Å². The molecule has 36 heavy (non-hydrogen) atoms. The smallest absolute Gasteiger partial charge is 0.251 e. The van der Waals surface area contributed by atoms with Crippen LogP contribution in [0.5, 0.6) is 11.5 Å². The van der Waals surface area contributed by atoms with Crippen molar-refractivity contribution in [2.45, 2.75) is 45.4 Å². The molecule has 0 bridgehead atoms. The Morgan fingerprint density at radius 1 is 0.944 bits per heavy atom. The van der Waals surface area contributed by atoms with Gasteiger partial charge >= 0.3 is 0 Å². The summed E-state index contributed by atoms with van der Waals surface area (Å²) in [7, 11) is 0. The Hall–Kier alpha value is -3.80. The molecule has 5 rings (SSSR count). The number of fused-ring (bicyclic) bond motifs is 1. The van der Waals surface area contributed by atoms with Gasteiger partial charge in [0, 0.05) is 17.8 Å². The number of ether oxygens (including phenoxy) is 2. The maximum Gasteiger partial charge on any atom is 0.251 e. The standard InChI is InChI=1S/C30H32N2O4/c1-19(2)12-15-31-28(33)22-7-5-21(6-8-22)25-17-24(10-4-20(25)3)32-29(34)30(13-14-30)23-9-11-26-27(16-23)36-18-35-26/h4-11,16-17,19H,12-15,18H2,1-3H3,(H,31,33)(H,32,34). The number of aryl methyl sites for hydroxylation is 1. The number of hydrogen-bond donors (Lipinski definition) is 2. The number of hydrogen-bond acceptors (Lipinski definition) is 4. The van der Waals surface area contributed by atoms with Crippen LogP contribution in [0.4, 0.5) is 5.69 Å². The van der Waals surface area contributed by atoms with Crippen LogP contribution in [0.25, 0.3) is 11.1 Å². The highest BCUT2D eigenvalue weighted by atomic mass is 16.7. The molecule has 1 heterocycles. The van der Waals surface area contributed by atoms with E-state index >= 15 is 0 Å². The summed E-state index contributed by atoms with van der Waals surface area (Å²) in [6.45, 7) is 7.21. The second kappa shape index (κ2) is 9.69. The van der Waals surface area contributed by atoms with E-state index in [0.717, 1.165) is 53.0 Å². The van der Waals surface area contributed by atoms with Crippen LogP contribution in [0, 0.1) is 12.8 Å². The van der Waals surface area contributed by atoms with Gasteiger partial charge in [-0.25, -0.2) is 0 Å². The zero-order valence-electron chi connectivity index (χ0n) is 21.0. The molecule has 6 heteroatoms. The number of benzene rings is 3. The zero-order chi connectivity index (χ0) is 25.3. The molecule has 2 N–H and O–H groups in total. The number of nitrogens with one attached hydrogen (secondary N) is 2. The summed E-state index contributed by atoms with van der Waals surface area (Å²) in [6.07, 6.45) is 2.56. The fraction of sp³-hybridized carbons (Fsp3) is 0.333. The maximum atomic E-state index is 13.4.